The molecule has 27 heavy (non-hydrogen) atoms. The van der Waals surface area contributed by atoms with Crippen LogP contribution in [0, 0.1) is 13.8 Å². The third kappa shape index (κ3) is 3.23. The molecule has 0 saturated carbocycles. The highest BCUT2D eigenvalue weighted by atomic mass is 32.2. The van der Waals surface area contributed by atoms with Gasteiger partial charge in [-0.1, -0.05) is 48.5 Å². The van der Waals surface area contributed by atoms with Crippen LogP contribution in [-0.4, -0.2) is 31.6 Å². The Morgan fingerprint density at radius 3 is 2.56 bits per heavy atom. The van der Waals surface area contributed by atoms with Crippen molar-refractivity contribution in [2.75, 3.05) is 13.1 Å². The van der Waals surface area contributed by atoms with Gasteiger partial charge in [-0.2, -0.15) is 0 Å². The molecule has 0 saturated heterocycles. The van der Waals surface area contributed by atoms with Crippen molar-refractivity contribution < 1.29 is 8.42 Å². The van der Waals surface area contributed by atoms with Crippen molar-refractivity contribution in [2.45, 2.75) is 25.2 Å². The zero-order chi connectivity index (χ0) is 19.0. The molecule has 0 fully saturated rings. The Morgan fingerprint density at radius 2 is 1.74 bits per heavy atom. The summed E-state index contributed by atoms with van der Waals surface area (Å²) in [7, 11) is -3.60. The van der Waals surface area contributed by atoms with Crippen molar-refractivity contribution >= 4 is 26.6 Å². The van der Waals surface area contributed by atoms with Crippen LogP contribution in [-0.2, 0) is 16.4 Å². The lowest BCUT2D eigenvalue weighted by atomic mass is 10.0. The first-order chi connectivity index (χ1) is 13.0. The van der Waals surface area contributed by atoms with Crippen molar-refractivity contribution in [3.63, 3.8) is 0 Å². The highest BCUT2D eigenvalue weighted by Crippen LogP contribution is 2.25. The Bertz CT molecular complexity index is 1140. The number of rotatable bonds is 4. The fraction of sp³-hybridized carbons (Fsp3) is 0.227. The molecular weight excluding hydrogens is 356 g/mol. The van der Waals surface area contributed by atoms with Crippen LogP contribution in [0.15, 0.2) is 70.6 Å². The van der Waals surface area contributed by atoms with E-state index in [0.29, 0.717) is 30.2 Å². The Hall–Kier alpha value is -2.66. The summed E-state index contributed by atoms with van der Waals surface area (Å²) in [5.41, 5.74) is 3.15. The quantitative estimate of drug-likeness (QED) is 0.686. The van der Waals surface area contributed by atoms with E-state index in [1.54, 1.807) is 12.1 Å². The lowest BCUT2D eigenvalue weighted by Gasteiger charge is -2.21. The molecule has 138 valence electrons. The van der Waals surface area contributed by atoms with Crippen molar-refractivity contribution in [1.82, 2.24) is 4.31 Å². The van der Waals surface area contributed by atoms with Gasteiger partial charge in [0.1, 0.15) is 5.84 Å². The summed E-state index contributed by atoms with van der Waals surface area (Å²) >= 11 is 0. The smallest absolute Gasteiger partial charge is 0.265 e. The number of hydrogen-bond donors (Lipinski definition) is 0. The van der Waals surface area contributed by atoms with Crippen molar-refractivity contribution in [2.24, 2.45) is 4.99 Å². The second-order valence-corrected chi connectivity index (χ2v) is 8.80. The highest BCUT2D eigenvalue weighted by molar-refractivity contribution is 7.89. The van der Waals surface area contributed by atoms with Crippen molar-refractivity contribution in [3.8, 4) is 0 Å². The molecular formula is C22H22N2O2S. The fourth-order valence-electron chi connectivity index (χ4n) is 3.50. The Balaban J connectivity index is 1.68. The van der Waals surface area contributed by atoms with Gasteiger partial charge in [-0.3, -0.25) is 9.30 Å². The van der Waals surface area contributed by atoms with E-state index in [4.69, 9.17) is 0 Å². The number of hydrogen-bond acceptors (Lipinski definition) is 3. The molecule has 1 aliphatic heterocycles. The van der Waals surface area contributed by atoms with Crippen LogP contribution in [0.25, 0.3) is 10.8 Å². The van der Waals surface area contributed by atoms with Gasteiger partial charge in [-0.05, 0) is 53.4 Å². The number of benzene rings is 3. The summed E-state index contributed by atoms with van der Waals surface area (Å²) in [6.07, 6.45) is 0.505. The maximum atomic E-state index is 13.2. The van der Waals surface area contributed by atoms with Gasteiger partial charge in [-0.15, -0.1) is 0 Å². The third-order valence-corrected chi connectivity index (χ3v) is 7.00. The van der Waals surface area contributed by atoms with E-state index in [1.807, 2.05) is 44.2 Å². The first-order valence-electron chi connectivity index (χ1n) is 9.07. The molecule has 4 nitrogen and oxygen atoms in total. The second-order valence-electron chi connectivity index (χ2n) is 6.94. The second kappa shape index (κ2) is 6.82. The highest BCUT2D eigenvalue weighted by Gasteiger charge is 2.30. The van der Waals surface area contributed by atoms with Crippen LogP contribution in [0.3, 0.4) is 0 Å². The minimum atomic E-state index is -3.60. The molecule has 0 atom stereocenters. The minimum absolute atomic E-state index is 0.332. The summed E-state index contributed by atoms with van der Waals surface area (Å²) in [5.74, 6) is 0.615. The molecule has 0 spiro atoms. The summed E-state index contributed by atoms with van der Waals surface area (Å²) in [5, 5.41) is 2.29. The average Bonchev–Trinajstić information content (AvgIpc) is 3.13. The predicted octanol–water partition coefficient (Wildman–Crippen LogP) is 4.10. The molecule has 0 N–H and O–H groups in total. The molecule has 0 radical (unpaired) electrons. The summed E-state index contributed by atoms with van der Waals surface area (Å²) < 4.78 is 27.9. The van der Waals surface area contributed by atoms with Gasteiger partial charge in [-0.25, -0.2) is 8.42 Å². The normalized spacial score (nSPS) is 14.6. The maximum Gasteiger partial charge on any atom is 0.265 e. The molecule has 5 heteroatoms. The van der Waals surface area contributed by atoms with Gasteiger partial charge in [0, 0.05) is 6.42 Å². The zero-order valence-electron chi connectivity index (χ0n) is 15.5. The number of fused-ring (bicyclic) bond motifs is 1. The van der Waals surface area contributed by atoms with E-state index >= 15 is 0 Å². The van der Waals surface area contributed by atoms with Gasteiger partial charge in [0.05, 0.1) is 18.0 Å². The molecule has 4 rings (SSSR count). The first-order valence-corrected chi connectivity index (χ1v) is 10.5. The van der Waals surface area contributed by atoms with Gasteiger partial charge in [0.15, 0.2) is 0 Å². The van der Waals surface area contributed by atoms with Crippen LogP contribution in [0.1, 0.15) is 16.7 Å². The van der Waals surface area contributed by atoms with E-state index in [9.17, 15) is 8.42 Å². The third-order valence-electron chi connectivity index (χ3n) is 5.18. The standard InChI is InChI=1S/C22H22N2O2S/c1-16-10-11-20(14-17(16)2)27(25,26)24-13-12-23-22(24)15-19-8-5-7-18-6-3-4-9-21(18)19/h3-11,14H,12-13,15H2,1-2H3. The first kappa shape index (κ1) is 17.7. The predicted molar refractivity (Wildman–Crippen MR) is 110 cm³/mol. The van der Waals surface area contributed by atoms with Gasteiger partial charge < -0.3 is 0 Å². The van der Waals surface area contributed by atoms with E-state index in [0.717, 1.165) is 27.5 Å². The molecule has 0 unspecified atom stereocenters. The van der Waals surface area contributed by atoms with E-state index < -0.39 is 10.0 Å². The summed E-state index contributed by atoms with van der Waals surface area (Å²) in [4.78, 5) is 4.85. The number of nitrogens with zero attached hydrogens (tertiary/aromatic N) is 2. The fourth-order valence-corrected chi connectivity index (χ4v) is 5.04. The van der Waals surface area contributed by atoms with Gasteiger partial charge in [0.25, 0.3) is 10.0 Å². The van der Waals surface area contributed by atoms with Crippen LogP contribution >= 0.6 is 0 Å². The maximum absolute atomic E-state index is 13.2. The number of sulfonamides is 1. The van der Waals surface area contributed by atoms with E-state index in [1.165, 1.54) is 4.31 Å². The lowest BCUT2D eigenvalue weighted by molar-refractivity contribution is 0.535. The summed E-state index contributed by atoms with van der Waals surface area (Å²) in [6, 6.07) is 19.6. The largest absolute Gasteiger partial charge is 0.269 e. The van der Waals surface area contributed by atoms with Crippen molar-refractivity contribution in [1.29, 1.82) is 0 Å². The molecule has 0 amide bonds. The number of amidine groups is 1. The molecule has 1 heterocycles. The van der Waals surface area contributed by atoms with Gasteiger partial charge in [0.2, 0.25) is 0 Å². The molecule has 0 bridgehead atoms. The van der Waals surface area contributed by atoms with Crippen LogP contribution < -0.4 is 0 Å². The lowest BCUT2D eigenvalue weighted by Crippen LogP contribution is -2.35. The topological polar surface area (TPSA) is 49.7 Å². The minimum Gasteiger partial charge on any atom is -0.269 e. The molecule has 0 aromatic heterocycles. The molecule has 3 aromatic carbocycles. The molecule has 1 aliphatic rings. The average molecular weight is 378 g/mol. The Morgan fingerprint density at radius 1 is 0.963 bits per heavy atom. The summed E-state index contributed by atoms with van der Waals surface area (Å²) in [6.45, 7) is 4.82. The van der Waals surface area contributed by atoms with Crippen LogP contribution in [0.5, 0.6) is 0 Å². The molecule has 3 aromatic rings. The number of aryl methyl sites for hydroxylation is 2. The van der Waals surface area contributed by atoms with E-state index in [2.05, 4.69) is 23.2 Å². The molecule has 0 aliphatic carbocycles. The van der Waals surface area contributed by atoms with Gasteiger partial charge >= 0.3 is 0 Å². The van der Waals surface area contributed by atoms with Crippen LogP contribution in [0.2, 0.25) is 0 Å². The van der Waals surface area contributed by atoms with E-state index in [-0.39, 0.29) is 0 Å². The zero-order valence-corrected chi connectivity index (χ0v) is 16.3. The Kier molecular flexibility index (Phi) is 4.48. The number of aliphatic imine (C=N–C) groups is 1. The Labute approximate surface area is 160 Å². The monoisotopic (exact) mass is 378 g/mol. The van der Waals surface area contributed by atoms with Crippen LogP contribution in [0.4, 0.5) is 0 Å². The SMILES string of the molecule is Cc1ccc(S(=O)(=O)N2CCN=C2Cc2cccc3ccccc23)cc1C. The van der Waals surface area contributed by atoms with Crippen molar-refractivity contribution in [3.05, 3.63) is 77.4 Å².